The van der Waals surface area contributed by atoms with E-state index in [2.05, 4.69) is 35.9 Å². The highest BCUT2D eigenvalue weighted by Crippen LogP contribution is 2.17. The molecule has 0 bridgehead atoms. The van der Waals surface area contributed by atoms with Gasteiger partial charge in [0.25, 0.3) is 0 Å². The van der Waals surface area contributed by atoms with Crippen molar-refractivity contribution in [2.24, 2.45) is 4.99 Å². The molecule has 1 N–H and O–H groups in total. The molecule has 0 aromatic heterocycles. The van der Waals surface area contributed by atoms with Gasteiger partial charge in [-0.3, -0.25) is 9.89 Å². The Kier molecular flexibility index (Phi) is 7.46. The molecule has 2 rings (SSSR count). The molecule has 0 radical (unpaired) electrons. The van der Waals surface area contributed by atoms with Crippen LogP contribution in [-0.4, -0.2) is 73.8 Å². The number of guanidine groups is 1. The van der Waals surface area contributed by atoms with Gasteiger partial charge in [0.2, 0.25) is 0 Å². The molecule has 22 heavy (non-hydrogen) atoms. The summed E-state index contributed by atoms with van der Waals surface area (Å²) in [6, 6.07) is 0.639. The lowest BCUT2D eigenvalue weighted by atomic mass is 10.1. The summed E-state index contributed by atoms with van der Waals surface area (Å²) in [5.74, 6) is 1.10. The van der Waals surface area contributed by atoms with Crippen LogP contribution in [0.3, 0.4) is 0 Å². The normalized spacial score (nSPS) is 25.0. The predicted octanol–water partition coefficient (Wildman–Crippen LogP) is 1.94. The fraction of sp³-hybridized carbons (Fsp3) is 0.941. The molecular weight excluding hydrogens is 276 g/mol. The second kappa shape index (κ2) is 9.36. The highest BCUT2D eigenvalue weighted by atomic mass is 16.5. The summed E-state index contributed by atoms with van der Waals surface area (Å²) >= 11 is 0. The van der Waals surface area contributed by atoms with Crippen molar-refractivity contribution in [3.63, 3.8) is 0 Å². The summed E-state index contributed by atoms with van der Waals surface area (Å²) < 4.78 is 5.75. The molecule has 2 fully saturated rings. The molecule has 0 saturated carbocycles. The number of aliphatic imine (C=N–C) groups is 1. The Labute approximate surface area is 136 Å². The summed E-state index contributed by atoms with van der Waals surface area (Å²) in [4.78, 5) is 9.91. The number of hydrogen-bond acceptors (Lipinski definition) is 3. The van der Waals surface area contributed by atoms with Gasteiger partial charge in [-0.05, 0) is 52.6 Å². The molecule has 2 aliphatic heterocycles. The van der Waals surface area contributed by atoms with Crippen LogP contribution in [0.5, 0.6) is 0 Å². The summed E-state index contributed by atoms with van der Waals surface area (Å²) in [6.45, 7) is 13.7. The highest BCUT2D eigenvalue weighted by Gasteiger charge is 2.24. The molecule has 2 saturated heterocycles. The van der Waals surface area contributed by atoms with Gasteiger partial charge in [-0.1, -0.05) is 6.92 Å². The van der Waals surface area contributed by atoms with Gasteiger partial charge in [0.05, 0.1) is 12.6 Å². The van der Waals surface area contributed by atoms with Crippen molar-refractivity contribution in [3.05, 3.63) is 0 Å². The molecule has 0 unspecified atom stereocenters. The number of likely N-dealkylation sites (tertiary alicyclic amines) is 2. The SMILES string of the molecule is CCNC(=NC[C@@H]1CCCN1CC)N1CCC(OCC)CC1. The number of nitrogens with one attached hydrogen (secondary N) is 1. The van der Waals surface area contributed by atoms with Crippen LogP contribution in [0.25, 0.3) is 0 Å². The molecule has 1 atom stereocenters. The highest BCUT2D eigenvalue weighted by molar-refractivity contribution is 5.80. The smallest absolute Gasteiger partial charge is 0.193 e. The Morgan fingerprint density at radius 2 is 1.91 bits per heavy atom. The van der Waals surface area contributed by atoms with Crippen molar-refractivity contribution in [2.45, 2.75) is 58.6 Å². The van der Waals surface area contributed by atoms with E-state index in [1.54, 1.807) is 0 Å². The maximum Gasteiger partial charge on any atom is 0.193 e. The van der Waals surface area contributed by atoms with E-state index in [0.29, 0.717) is 12.1 Å². The van der Waals surface area contributed by atoms with E-state index in [1.807, 2.05) is 0 Å². The molecular formula is C17H34N4O. The minimum Gasteiger partial charge on any atom is -0.378 e. The van der Waals surface area contributed by atoms with E-state index < -0.39 is 0 Å². The third kappa shape index (κ3) is 4.85. The molecule has 0 aromatic rings. The predicted molar refractivity (Wildman–Crippen MR) is 92.5 cm³/mol. The van der Waals surface area contributed by atoms with Crippen LogP contribution in [0.4, 0.5) is 0 Å². The zero-order valence-corrected chi connectivity index (χ0v) is 14.7. The molecule has 0 amide bonds. The Morgan fingerprint density at radius 3 is 2.55 bits per heavy atom. The lowest BCUT2D eigenvalue weighted by molar-refractivity contribution is 0.0263. The molecule has 5 nitrogen and oxygen atoms in total. The van der Waals surface area contributed by atoms with Crippen molar-refractivity contribution < 1.29 is 4.74 Å². The van der Waals surface area contributed by atoms with E-state index in [9.17, 15) is 0 Å². The van der Waals surface area contributed by atoms with Crippen molar-refractivity contribution in [3.8, 4) is 0 Å². The summed E-state index contributed by atoms with van der Waals surface area (Å²) in [6.07, 6.45) is 5.29. The summed E-state index contributed by atoms with van der Waals surface area (Å²) in [5.41, 5.74) is 0. The summed E-state index contributed by atoms with van der Waals surface area (Å²) in [7, 11) is 0. The standard InChI is InChI=1S/C17H34N4O/c1-4-18-17(19-14-15-8-7-11-20(15)5-2)21-12-9-16(10-13-21)22-6-3/h15-16H,4-14H2,1-3H3,(H,18,19)/t15-/m0/s1. The van der Waals surface area contributed by atoms with E-state index >= 15 is 0 Å². The lowest BCUT2D eigenvalue weighted by Crippen LogP contribution is -2.47. The first-order chi connectivity index (χ1) is 10.8. The van der Waals surface area contributed by atoms with Gasteiger partial charge in [0.15, 0.2) is 5.96 Å². The van der Waals surface area contributed by atoms with Crippen LogP contribution >= 0.6 is 0 Å². The average Bonchev–Trinajstić information content (AvgIpc) is 3.00. The van der Waals surface area contributed by atoms with Gasteiger partial charge in [-0.25, -0.2) is 0 Å². The molecule has 2 aliphatic rings. The number of rotatable bonds is 6. The zero-order chi connectivity index (χ0) is 15.8. The van der Waals surface area contributed by atoms with Gasteiger partial charge in [-0.2, -0.15) is 0 Å². The monoisotopic (exact) mass is 310 g/mol. The third-order valence-corrected chi connectivity index (χ3v) is 4.84. The Morgan fingerprint density at radius 1 is 1.14 bits per heavy atom. The number of nitrogens with zero attached hydrogens (tertiary/aromatic N) is 3. The van der Waals surface area contributed by atoms with Gasteiger partial charge in [0, 0.05) is 32.3 Å². The third-order valence-electron chi connectivity index (χ3n) is 4.84. The van der Waals surface area contributed by atoms with E-state index in [-0.39, 0.29) is 0 Å². The van der Waals surface area contributed by atoms with Crippen molar-refractivity contribution in [1.82, 2.24) is 15.1 Å². The topological polar surface area (TPSA) is 40.1 Å². The quantitative estimate of drug-likeness (QED) is 0.601. The minimum atomic E-state index is 0.439. The van der Waals surface area contributed by atoms with Crippen molar-refractivity contribution in [2.75, 3.05) is 45.9 Å². The molecule has 0 spiro atoms. The van der Waals surface area contributed by atoms with Gasteiger partial charge in [0.1, 0.15) is 0 Å². The average molecular weight is 310 g/mol. The molecule has 5 heteroatoms. The second-order valence-corrected chi connectivity index (χ2v) is 6.26. The molecule has 2 heterocycles. The first-order valence-electron chi connectivity index (χ1n) is 9.17. The Balaban J connectivity index is 1.87. The fourth-order valence-electron chi connectivity index (χ4n) is 3.61. The number of ether oxygens (including phenoxy) is 1. The molecule has 0 aliphatic carbocycles. The van der Waals surface area contributed by atoms with E-state index in [4.69, 9.17) is 9.73 Å². The Hall–Kier alpha value is -0.810. The van der Waals surface area contributed by atoms with Crippen molar-refractivity contribution >= 4 is 5.96 Å². The minimum absolute atomic E-state index is 0.439. The largest absolute Gasteiger partial charge is 0.378 e. The van der Waals surface area contributed by atoms with Crippen molar-refractivity contribution in [1.29, 1.82) is 0 Å². The zero-order valence-electron chi connectivity index (χ0n) is 14.7. The van der Waals surface area contributed by atoms with Crippen LogP contribution in [0.1, 0.15) is 46.5 Å². The maximum absolute atomic E-state index is 5.75. The maximum atomic E-state index is 5.75. The van der Waals surface area contributed by atoms with E-state index in [1.165, 1.54) is 19.4 Å². The van der Waals surface area contributed by atoms with Gasteiger partial charge >= 0.3 is 0 Å². The van der Waals surface area contributed by atoms with Crippen LogP contribution < -0.4 is 5.32 Å². The van der Waals surface area contributed by atoms with Crippen LogP contribution in [0.2, 0.25) is 0 Å². The van der Waals surface area contributed by atoms with Gasteiger partial charge < -0.3 is 15.0 Å². The number of likely N-dealkylation sites (N-methyl/N-ethyl adjacent to an activating group) is 1. The molecule has 0 aromatic carbocycles. The second-order valence-electron chi connectivity index (χ2n) is 6.26. The first-order valence-corrected chi connectivity index (χ1v) is 9.17. The molecule has 128 valence electrons. The van der Waals surface area contributed by atoms with E-state index in [0.717, 1.165) is 58.1 Å². The van der Waals surface area contributed by atoms with Crippen LogP contribution in [0.15, 0.2) is 4.99 Å². The fourth-order valence-corrected chi connectivity index (χ4v) is 3.61. The lowest BCUT2D eigenvalue weighted by Gasteiger charge is -2.34. The summed E-state index contributed by atoms with van der Waals surface area (Å²) in [5, 5.41) is 3.47. The van der Waals surface area contributed by atoms with Crippen LogP contribution in [-0.2, 0) is 4.74 Å². The Bertz CT molecular complexity index is 340. The van der Waals surface area contributed by atoms with Gasteiger partial charge in [-0.15, -0.1) is 0 Å². The first kappa shape index (κ1) is 17.5. The number of piperidine rings is 1. The van der Waals surface area contributed by atoms with Crippen LogP contribution in [0, 0.1) is 0 Å². The number of hydrogen-bond donors (Lipinski definition) is 1.